The Kier molecular flexibility index (Phi) is 11.1. The van der Waals surface area contributed by atoms with Gasteiger partial charge in [-0.15, -0.1) is 0 Å². The minimum absolute atomic E-state index is 0.284. The first-order valence-corrected chi connectivity index (χ1v) is 9.10. The van der Waals surface area contributed by atoms with Crippen molar-refractivity contribution in [2.75, 3.05) is 6.61 Å². The maximum atomic E-state index is 13.0. The maximum Gasteiger partial charge on any atom is 0.314 e. The first kappa shape index (κ1) is 29.1. The highest BCUT2D eigenvalue weighted by atomic mass is 19.3. The van der Waals surface area contributed by atoms with E-state index in [1.807, 2.05) is 0 Å². The molecule has 183 valence electrons. The molecule has 0 heterocycles. The lowest BCUT2D eigenvalue weighted by molar-refractivity contribution is -0.178. The van der Waals surface area contributed by atoms with E-state index in [2.05, 4.69) is 4.74 Å². The summed E-state index contributed by atoms with van der Waals surface area (Å²) in [6.45, 7) is 1.64. The number of carboxylic acids is 3. The largest absolute Gasteiger partial charge is 0.481 e. The van der Waals surface area contributed by atoms with Gasteiger partial charge in [0.1, 0.15) is 18.6 Å². The predicted molar refractivity (Wildman–Crippen MR) is 94.6 cm³/mol. The lowest BCUT2D eigenvalue weighted by atomic mass is 9.72. The summed E-state index contributed by atoms with van der Waals surface area (Å²) in [6.07, 6.45) is -6.42. The van der Waals surface area contributed by atoms with Crippen LogP contribution in [0.25, 0.3) is 0 Å². The van der Waals surface area contributed by atoms with Gasteiger partial charge in [-0.3, -0.25) is 24.0 Å². The maximum absolute atomic E-state index is 13.0. The van der Waals surface area contributed by atoms with E-state index in [1.54, 1.807) is 0 Å². The average Bonchev–Trinajstić information content (AvgIpc) is 2.64. The van der Waals surface area contributed by atoms with Crippen LogP contribution in [0, 0.1) is 30.1 Å². The van der Waals surface area contributed by atoms with E-state index in [-0.39, 0.29) is 12.8 Å². The Labute approximate surface area is 179 Å². The van der Waals surface area contributed by atoms with Crippen LogP contribution in [0.4, 0.5) is 17.6 Å². The summed E-state index contributed by atoms with van der Waals surface area (Å²) in [5, 5.41) is 28.2. The number of ether oxygens (including phenoxy) is 2. The van der Waals surface area contributed by atoms with Crippen LogP contribution < -0.4 is 0 Å². The zero-order chi connectivity index (χ0) is 25.4. The van der Waals surface area contributed by atoms with E-state index >= 15 is 0 Å². The fourth-order valence-corrected chi connectivity index (χ4v) is 2.94. The van der Waals surface area contributed by atoms with Crippen LogP contribution in [0.2, 0.25) is 0 Å². The van der Waals surface area contributed by atoms with Gasteiger partial charge in [0.05, 0.1) is 24.2 Å². The van der Waals surface area contributed by atoms with E-state index < -0.39 is 78.6 Å². The molecule has 0 aromatic rings. The van der Waals surface area contributed by atoms with Gasteiger partial charge in [-0.25, -0.2) is 8.78 Å². The van der Waals surface area contributed by atoms with Crippen molar-refractivity contribution < 1.29 is 66.3 Å². The molecular weight excluding hydrogens is 452 g/mol. The molecule has 5 atom stereocenters. The van der Waals surface area contributed by atoms with Crippen molar-refractivity contribution in [3.63, 3.8) is 0 Å². The van der Waals surface area contributed by atoms with Crippen LogP contribution in [0.5, 0.6) is 0 Å². The monoisotopic (exact) mass is 475 g/mol. The van der Waals surface area contributed by atoms with Gasteiger partial charge >= 0.3 is 42.2 Å². The summed E-state index contributed by atoms with van der Waals surface area (Å²) in [7, 11) is 0. The molecular formula is C18H23F4O10. The Morgan fingerprint density at radius 2 is 1.44 bits per heavy atom. The minimum Gasteiger partial charge on any atom is -0.481 e. The number of hydrogen-bond acceptors (Lipinski definition) is 7. The van der Waals surface area contributed by atoms with Gasteiger partial charge in [0.2, 0.25) is 0 Å². The van der Waals surface area contributed by atoms with E-state index in [0.29, 0.717) is 0 Å². The molecule has 1 radical (unpaired) electrons. The molecule has 0 bridgehead atoms. The third kappa shape index (κ3) is 7.96. The van der Waals surface area contributed by atoms with Crippen molar-refractivity contribution in [2.24, 2.45) is 23.7 Å². The number of carbonyl (C=O) groups excluding carboxylic acids is 2. The number of aliphatic carboxylic acids is 3. The van der Waals surface area contributed by atoms with Gasteiger partial charge in [-0.05, 0) is 6.42 Å². The molecule has 0 fully saturated rings. The molecule has 0 aromatic heterocycles. The molecule has 0 amide bonds. The average molecular weight is 475 g/mol. The highest BCUT2D eigenvalue weighted by molar-refractivity contribution is 5.89. The van der Waals surface area contributed by atoms with Crippen LogP contribution in [-0.2, 0) is 33.4 Å². The summed E-state index contributed by atoms with van der Waals surface area (Å²) >= 11 is 0. The Morgan fingerprint density at radius 3 is 1.78 bits per heavy atom. The van der Waals surface area contributed by atoms with Crippen LogP contribution in [0.1, 0.15) is 27.2 Å². The third-order valence-corrected chi connectivity index (χ3v) is 4.54. The zero-order valence-electron chi connectivity index (χ0n) is 17.2. The van der Waals surface area contributed by atoms with E-state index in [9.17, 15) is 51.7 Å². The fraction of sp³-hybridized carbons (Fsp3) is 0.667. The molecule has 14 heteroatoms. The van der Waals surface area contributed by atoms with Crippen molar-refractivity contribution in [1.82, 2.24) is 0 Å². The normalized spacial score (nSPS) is 16.4. The summed E-state index contributed by atoms with van der Waals surface area (Å²) < 4.78 is 59.8. The first-order chi connectivity index (χ1) is 14.6. The summed E-state index contributed by atoms with van der Waals surface area (Å²) in [5.41, 5.74) is 0. The second kappa shape index (κ2) is 12.2. The number of carboxylic acid groups (broad SMARTS) is 3. The molecule has 5 unspecified atom stereocenters. The van der Waals surface area contributed by atoms with Crippen LogP contribution in [0.15, 0.2) is 0 Å². The van der Waals surface area contributed by atoms with Crippen molar-refractivity contribution >= 4 is 29.8 Å². The zero-order valence-corrected chi connectivity index (χ0v) is 17.2. The summed E-state index contributed by atoms with van der Waals surface area (Å²) in [4.78, 5) is 58.9. The molecule has 0 saturated carbocycles. The molecule has 0 aliphatic heterocycles. The number of halogens is 4. The Hall–Kier alpha value is -2.93. The number of carbonyl (C=O) groups is 5. The topological polar surface area (TPSA) is 165 Å². The summed E-state index contributed by atoms with van der Waals surface area (Å²) in [5.74, 6) is -21.5. The van der Waals surface area contributed by atoms with Gasteiger partial charge in [0.15, 0.2) is 0 Å². The Morgan fingerprint density at radius 1 is 0.938 bits per heavy atom. The SMILES string of the molecule is CCC(OC(C)=O)C(C(=O)OC[CH]C(F)(F)C(F)F)C(C(=O)O)C(C(=O)O)C(C)C(=O)O. The van der Waals surface area contributed by atoms with Crippen molar-refractivity contribution in [3.05, 3.63) is 6.42 Å². The third-order valence-electron chi connectivity index (χ3n) is 4.54. The van der Waals surface area contributed by atoms with Gasteiger partial charge in [0, 0.05) is 6.92 Å². The molecule has 32 heavy (non-hydrogen) atoms. The Bertz CT molecular complexity index is 712. The molecule has 0 aromatic carbocycles. The Balaban J connectivity index is 6.23. The van der Waals surface area contributed by atoms with Crippen molar-refractivity contribution in [1.29, 1.82) is 0 Å². The summed E-state index contributed by atoms with van der Waals surface area (Å²) in [6, 6.07) is 0. The van der Waals surface area contributed by atoms with Crippen molar-refractivity contribution in [2.45, 2.75) is 45.6 Å². The second-order valence-electron chi connectivity index (χ2n) is 6.75. The smallest absolute Gasteiger partial charge is 0.314 e. The highest BCUT2D eigenvalue weighted by Crippen LogP contribution is 2.34. The number of rotatable bonds is 14. The number of hydrogen-bond donors (Lipinski definition) is 3. The molecule has 0 spiro atoms. The van der Waals surface area contributed by atoms with Gasteiger partial charge < -0.3 is 24.8 Å². The lowest BCUT2D eigenvalue weighted by Gasteiger charge is -2.33. The van der Waals surface area contributed by atoms with Gasteiger partial charge in [-0.1, -0.05) is 13.8 Å². The lowest BCUT2D eigenvalue weighted by Crippen LogP contribution is -2.49. The standard InChI is InChI=1S/C18H23F4O10/c1-4-9(32-8(3)23)11(16(30)31-6-5-18(21,22)17(19)20)12(15(28)29)10(14(26)27)7(2)13(24)25/h5,7,9-12,17H,4,6H2,1-3H3,(H,24,25)(H,26,27)(H,28,29). The van der Waals surface area contributed by atoms with Crippen LogP contribution in [-0.4, -0.2) is 70.2 Å². The minimum atomic E-state index is -4.65. The quantitative estimate of drug-likeness (QED) is 0.249. The van der Waals surface area contributed by atoms with Crippen LogP contribution in [0.3, 0.4) is 0 Å². The van der Waals surface area contributed by atoms with Gasteiger partial charge in [0.25, 0.3) is 0 Å². The van der Waals surface area contributed by atoms with Gasteiger partial charge in [-0.2, -0.15) is 8.78 Å². The van der Waals surface area contributed by atoms with E-state index in [1.165, 1.54) is 6.92 Å². The molecule has 0 aliphatic carbocycles. The van der Waals surface area contributed by atoms with E-state index in [0.717, 1.165) is 13.8 Å². The number of alkyl halides is 4. The van der Waals surface area contributed by atoms with Crippen LogP contribution >= 0.6 is 0 Å². The first-order valence-electron chi connectivity index (χ1n) is 9.10. The fourth-order valence-electron chi connectivity index (χ4n) is 2.94. The molecule has 3 N–H and O–H groups in total. The molecule has 0 rings (SSSR count). The number of esters is 2. The molecule has 0 aliphatic rings. The highest BCUT2D eigenvalue weighted by Gasteiger charge is 2.51. The molecule has 10 nitrogen and oxygen atoms in total. The molecule has 0 saturated heterocycles. The predicted octanol–water partition coefficient (Wildman–Crippen LogP) is 1.71. The second-order valence-corrected chi connectivity index (χ2v) is 6.75. The van der Waals surface area contributed by atoms with E-state index in [4.69, 9.17) is 9.84 Å². The van der Waals surface area contributed by atoms with Crippen molar-refractivity contribution in [3.8, 4) is 0 Å².